The van der Waals surface area contributed by atoms with E-state index in [9.17, 15) is 9.90 Å². The monoisotopic (exact) mass is 233 g/mol. The summed E-state index contributed by atoms with van der Waals surface area (Å²) < 4.78 is 5.12. The molecular formula is C9H7Cl2O3-. The molecule has 0 fully saturated rings. The summed E-state index contributed by atoms with van der Waals surface area (Å²) in [6, 6.07) is 2.49. The largest absolute Gasteiger partial charge is 0.545 e. The standard InChI is InChI=1S/C9H8Cl2O3/c1-2-14-8-6(10)3-5(9(12)13)4-7(8)11/h3-4H,2H2,1H3,(H,12,13)/p-1. The van der Waals surface area contributed by atoms with Gasteiger partial charge < -0.3 is 14.6 Å². The molecule has 0 unspecified atom stereocenters. The van der Waals surface area contributed by atoms with Crippen molar-refractivity contribution in [3.63, 3.8) is 0 Å². The fourth-order valence-corrected chi connectivity index (χ4v) is 1.56. The molecule has 76 valence electrons. The third kappa shape index (κ3) is 2.30. The highest BCUT2D eigenvalue weighted by Gasteiger charge is 2.09. The van der Waals surface area contributed by atoms with Crippen molar-refractivity contribution < 1.29 is 14.6 Å². The number of carboxylic acids is 1. The molecule has 0 aliphatic carbocycles. The molecule has 0 radical (unpaired) electrons. The van der Waals surface area contributed by atoms with Gasteiger partial charge in [0.25, 0.3) is 0 Å². The minimum atomic E-state index is -1.32. The molecule has 0 aliphatic rings. The molecule has 0 saturated heterocycles. The molecular weight excluding hydrogens is 227 g/mol. The van der Waals surface area contributed by atoms with E-state index in [2.05, 4.69) is 0 Å². The second-order valence-corrected chi connectivity index (χ2v) is 3.30. The third-order valence-corrected chi connectivity index (χ3v) is 2.08. The number of carboxylic acid groups (broad SMARTS) is 1. The number of carbonyl (C=O) groups excluding carboxylic acids is 1. The van der Waals surface area contributed by atoms with E-state index >= 15 is 0 Å². The van der Waals surface area contributed by atoms with E-state index in [4.69, 9.17) is 27.9 Å². The van der Waals surface area contributed by atoms with Gasteiger partial charge in [0, 0.05) is 5.56 Å². The average molecular weight is 234 g/mol. The summed E-state index contributed by atoms with van der Waals surface area (Å²) >= 11 is 11.5. The fourth-order valence-electron chi connectivity index (χ4n) is 0.960. The van der Waals surface area contributed by atoms with E-state index in [1.807, 2.05) is 0 Å². The van der Waals surface area contributed by atoms with Gasteiger partial charge in [-0.15, -0.1) is 0 Å². The second kappa shape index (κ2) is 4.53. The number of benzene rings is 1. The van der Waals surface area contributed by atoms with Crippen LogP contribution < -0.4 is 9.84 Å². The van der Waals surface area contributed by atoms with E-state index in [0.29, 0.717) is 12.4 Å². The lowest BCUT2D eigenvalue weighted by molar-refractivity contribution is -0.255. The summed E-state index contributed by atoms with van der Waals surface area (Å²) in [4.78, 5) is 10.5. The van der Waals surface area contributed by atoms with Gasteiger partial charge in [-0.25, -0.2) is 0 Å². The first-order chi connectivity index (χ1) is 6.56. The first kappa shape index (κ1) is 11.1. The molecule has 3 nitrogen and oxygen atoms in total. The molecule has 14 heavy (non-hydrogen) atoms. The number of ether oxygens (including phenoxy) is 1. The van der Waals surface area contributed by atoms with Gasteiger partial charge in [0.05, 0.1) is 22.6 Å². The molecule has 0 saturated carbocycles. The molecule has 0 spiro atoms. The minimum Gasteiger partial charge on any atom is -0.545 e. The number of rotatable bonds is 3. The zero-order valence-electron chi connectivity index (χ0n) is 7.34. The van der Waals surface area contributed by atoms with Crippen LogP contribution in [0.1, 0.15) is 17.3 Å². The molecule has 0 aliphatic heterocycles. The first-order valence-corrected chi connectivity index (χ1v) is 4.65. The maximum Gasteiger partial charge on any atom is 0.156 e. The van der Waals surface area contributed by atoms with E-state index in [1.54, 1.807) is 6.92 Å². The van der Waals surface area contributed by atoms with Crippen molar-refractivity contribution in [3.05, 3.63) is 27.7 Å². The molecule has 0 atom stereocenters. The van der Waals surface area contributed by atoms with Gasteiger partial charge in [-0.05, 0) is 19.1 Å². The van der Waals surface area contributed by atoms with Crippen LogP contribution >= 0.6 is 23.2 Å². The first-order valence-electron chi connectivity index (χ1n) is 3.89. The van der Waals surface area contributed by atoms with Gasteiger partial charge in [-0.3, -0.25) is 0 Å². The number of hydrogen-bond donors (Lipinski definition) is 0. The van der Waals surface area contributed by atoms with Crippen LogP contribution in [0.4, 0.5) is 0 Å². The summed E-state index contributed by atoms with van der Waals surface area (Å²) in [5.41, 5.74) is -0.0662. The number of halogens is 2. The zero-order chi connectivity index (χ0) is 10.7. The highest BCUT2D eigenvalue weighted by Crippen LogP contribution is 2.33. The molecule has 0 heterocycles. The summed E-state index contributed by atoms with van der Waals surface area (Å²) in [6.45, 7) is 2.18. The Morgan fingerprint density at radius 2 is 1.93 bits per heavy atom. The molecule has 0 amide bonds. The summed E-state index contributed by atoms with van der Waals surface area (Å²) in [7, 11) is 0. The van der Waals surface area contributed by atoms with E-state index in [-0.39, 0.29) is 15.6 Å². The van der Waals surface area contributed by atoms with E-state index < -0.39 is 5.97 Å². The molecule has 1 aromatic rings. The molecule has 0 aromatic heterocycles. The molecule has 5 heteroatoms. The molecule has 0 N–H and O–H groups in total. The summed E-state index contributed by atoms with van der Waals surface area (Å²) in [5, 5.41) is 10.8. The Morgan fingerprint density at radius 1 is 1.43 bits per heavy atom. The van der Waals surface area contributed by atoms with Gasteiger partial charge in [-0.1, -0.05) is 23.2 Å². The predicted molar refractivity (Wildman–Crippen MR) is 52.0 cm³/mol. The van der Waals surface area contributed by atoms with Crippen LogP contribution in [0, 0.1) is 0 Å². The molecule has 0 bridgehead atoms. The molecule has 1 aromatic carbocycles. The van der Waals surface area contributed by atoms with Crippen LogP contribution in [0.3, 0.4) is 0 Å². The van der Waals surface area contributed by atoms with Gasteiger partial charge in [0.15, 0.2) is 5.75 Å². The van der Waals surface area contributed by atoms with Crippen LogP contribution in [0.25, 0.3) is 0 Å². The van der Waals surface area contributed by atoms with Crippen molar-refractivity contribution in [1.82, 2.24) is 0 Å². The van der Waals surface area contributed by atoms with Crippen molar-refractivity contribution >= 4 is 29.2 Å². The topological polar surface area (TPSA) is 49.4 Å². The number of carbonyl (C=O) groups is 1. The maximum atomic E-state index is 10.5. The highest BCUT2D eigenvalue weighted by atomic mass is 35.5. The van der Waals surface area contributed by atoms with Crippen molar-refractivity contribution in [2.75, 3.05) is 6.61 Å². The smallest absolute Gasteiger partial charge is 0.156 e. The van der Waals surface area contributed by atoms with Crippen LogP contribution in [0.15, 0.2) is 12.1 Å². The normalized spacial score (nSPS) is 9.93. The van der Waals surface area contributed by atoms with Gasteiger partial charge >= 0.3 is 0 Å². The Morgan fingerprint density at radius 3 is 2.29 bits per heavy atom. The van der Waals surface area contributed by atoms with Crippen molar-refractivity contribution in [3.8, 4) is 5.75 Å². The highest BCUT2D eigenvalue weighted by molar-refractivity contribution is 6.37. The number of hydrogen-bond acceptors (Lipinski definition) is 3. The van der Waals surface area contributed by atoms with Crippen LogP contribution in [-0.4, -0.2) is 12.6 Å². The second-order valence-electron chi connectivity index (χ2n) is 2.49. The Bertz CT molecular complexity index is 340. The SMILES string of the molecule is CCOc1c(Cl)cc(C(=O)[O-])cc1Cl. The Balaban J connectivity index is 3.18. The summed E-state index contributed by atoms with van der Waals surface area (Å²) in [5.74, 6) is -1.03. The average Bonchev–Trinajstić information content (AvgIpc) is 2.10. The predicted octanol–water partition coefficient (Wildman–Crippen LogP) is 1.76. The third-order valence-electron chi connectivity index (χ3n) is 1.52. The fraction of sp³-hybridized carbons (Fsp3) is 0.222. The lowest BCUT2D eigenvalue weighted by Gasteiger charge is -2.10. The number of aromatic carboxylic acids is 1. The maximum absolute atomic E-state index is 10.5. The van der Waals surface area contributed by atoms with Crippen molar-refractivity contribution in [2.24, 2.45) is 0 Å². The summed E-state index contributed by atoms with van der Waals surface area (Å²) in [6.07, 6.45) is 0. The van der Waals surface area contributed by atoms with Gasteiger partial charge in [-0.2, -0.15) is 0 Å². The van der Waals surface area contributed by atoms with Gasteiger partial charge in [0.1, 0.15) is 0 Å². The van der Waals surface area contributed by atoms with Crippen LogP contribution in [0.2, 0.25) is 10.0 Å². The van der Waals surface area contributed by atoms with Crippen LogP contribution in [0.5, 0.6) is 5.75 Å². The lowest BCUT2D eigenvalue weighted by Crippen LogP contribution is -2.22. The van der Waals surface area contributed by atoms with Crippen molar-refractivity contribution in [2.45, 2.75) is 6.92 Å². The van der Waals surface area contributed by atoms with Crippen molar-refractivity contribution in [1.29, 1.82) is 0 Å². The van der Waals surface area contributed by atoms with E-state index in [0.717, 1.165) is 0 Å². The minimum absolute atomic E-state index is 0.0662. The Labute approximate surface area is 91.2 Å². The molecule has 1 rings (SSSR count). The Kier molecular flexibility index (Phi) is 3.61. The zero-order valence-corrected chi connectivity index (χ0v) is 8.85. The van der Waals surface area contributed by atoms with Gasteiger partial charge in [0.2, 0.25) is 0 Å². The van der Waals surface area contributed by atoms with Crippen LogP contribution in [-0.2, 0) is 0 Å². The lowest BCUT2D eigenvalue weighted by atomic mass is 10.2. The Hall–Kier alpha value is -0.930. The van der Waals surface area contributed by atoms with E-state index in [1.165, 1.54) is 12.1 Å². The quantitative estimate of drug-likeness (QED) is 0.800.